The van der Waals surface area contributed by atoms with Gasteiger partial charge in [-0.15, -0.1) is 9.24 Å². The van der Waals surface area contributed by atoms with Crippen LogP contribution in [0.1, 0.15) is 44.4 Å². The highest BCUT2D eigenvalue weighted by molar-refractivity contribution is 7.27. The Kier molecular flexibility index (Phi) is 7.86. The van der Waals surface area contributed by atoms with Crippen LogP contribution in [0.4, 0.5) is 4.39 Å². The van der Waals surface area contributed by atoms with Gasteiger partial charge in [0.25, 0.3) is 11.5 Å². The molecule has 1 aromatic carbocycles. The molecular formula is C28H29FN5O4P. The number of carbonyl (C=O) groups is 1. The van der Waals surface area contributed by atoms with Crippen LogP contribution in [-0.4, -0.2) is 45.6 Å². The Bertz CT molecular complexity index is 1560. The maximum atomic E-state index is 14.8. The molecule has 0 aliphatic carbocycles. The van der Waals surface area contributed by atoms with E-state index in [1.807, 2.05) is 12.1 Å². The molecule has 4 aromatic rings. The Hall–Kier alpha value is -3.88. The fourth-order valence-electron chi connectivity index (χ4n) is 4.40. The predicted molar refractivity (Wildman–Crippen MR) is 147 cm³/mol. The van der Waals surface area contributed by atoms with E-state index in [2.05, 4.69) is 24.6 Å². The first kappa shape index (κ1) is 26.7. The number of aryl methyl sites for hydroxylation is 1. The zero-order valence-electron chi connectivity index (χ0n) is 21.7. The van der Waals surface area contributed by atoms with E-state index in [9.17, 15) is 14.0 Å². The van der Waals surface area contributed by atoms with Gasteiger partial charge in [-0.2, -0.15) is 5.10 Å². The molecule has 202 valence electrons. The average Bonchev–Trinajstić information content (AvgIpc) is 3.29. The lowest BCUT2D eigenvalue weighted by molar-refractivity contribution is 0.00620. The maximum absolute atomic E-state index is 14.8. The van der Waals surface area contributed by atoms with E-state index in [1.165, 1.54) is 13.2 Å². The molecule has 1 saturated heterocycles. The van der Waals surface area contributed by atoms with Gasteiger partial charge in [-0.05, 0) is 41.6 Å². The molecule has 0 radical (unpaired) electrons. The number of carbonyl (C=O) groups excluding carboxylic acids is 1. The van der Waals surface area contributed by atoms with Gasteiger partial charge in [-0.1, -0.05) is 12.1 Å². The molecule has 5 rings (SSSR count). The largest absolute Gasteiger partial charge is 0.494 e. The van der Waals surface area contributed by atoms with E-state index >= 15 is 0 Å². The Morgan fingerprint density at radius 2 is 2.00 bits per heavy atom. The average molecular weight is 550 g/mol. The van der Waals surface area contributed by atoms with Crippen molar-refractivity contribution in [2.24, 2.45) is 0 Å². The Labute approximate surface area is 227 Å². The first-order chi connectivity index (χ1) is 18.8. The topological polar surface area (TPSA) is 100 Å². The van der Waals surface area contributed by atoms with Crippen molar-refractivity contribution in [3.05, 3.63) is 105 Å². The van der Waals surface area contributed by atoms with E-state index in [0.717, 1.165) is 22.1 Å². The lowest BCUT2D eigenvalue weighted by Gasteiger charge is -2.25. The minimum atomic E-state index is -0.483. The van der Waals surface area contributed by atoms with Crippen molar-refractivity contribution in [2.45, 2.75) is 32.5 Å². The molecule has 0 spiro atoms. The quantitative estimate of drug-likeness (QED) is 0.322. The molecule has 1 unspecified atom stereocenters. The number of rotatable bonds is 9. The van der Waals surface area contributed by atoms with E-state index in [-0.39, 0.29) is 29.7 Å². The van der Waals surface area contributed by atoms with Gasteiger partial charge in [0.2, 0.25) is 0 Å². The van der Waals surface area contributed by atoms with E-state index in [1.54, 1.807) is 53.0 Å². The van der Waals surface area contributed by atoms with Gasteiger partial charge in [-0.25, -0.2) is 4.39 Å². The third-order valence-corrected chi connectivity index (χ3v) is 7.06. The number of amides is 1. The van der Waals surface area contributed by atoms with Gasteiger partial charge in [0.15, 0.2) is 11.6 Å². The lowest BCUT2D eigenvalue weighted by atomic mass is 10.00. The molecule has 1 aliphatic heterocycles. The third kappa shape index (κ3) is 5.92. The number of nitrogens with one attached hydrogen (secondary N) is 1. The van der Waals surface area contributed by atoms with Crippen molar-refractivity contribution in [1.29, 1.82) is 0 Å². The molecule has 39 heavy (non-hydrogen) atoms. The summed E-state index contributed by atoms with van der Waals surface area (Å²) in [6.07, 6.45) is 5.22. The van der Waals surface area contributed by atoms with Crippen LogP contribution in [-0.2, 0) is 24.4 Å². The van der Waals surface area contributed by atoms with Crippen LogP contribution in [0, 0.1) is 12.7 Å². The molecule has 3 aromatic heterocycles. The summed E-state index contributed by atoms with van der Waals surface area (Å²) < 4.78 is 28.5. The molecular weight excluding hydrogens is 520 g/mol. The number of methoxy groups -OCH3 is 1. The molecule has 1 aliphatic rings. The highest BCUT2D eigenvalue weighted by atomic mass is 31.0. The first-order valence-electron chi connectivity index (χ1n) is 12.5. The monoisotopic (exact) mass is 549 g/mol. The van der Waals surface area contributed by atoms with Crippen molar-refractivity contribution in [2.75, 3.05) is 20.3 Å². The van der Waals surface area contributed by atoms with E-state index in [0.29, 0.717) is 43.1 Å². The molecule has 4 heterocycles. The Morgan fingerprint density at radius 3 is 2.69 bits per heavy atom. The zero-order valence-corrected chi connectivity index (χ0v) is 22.8. The predicted octanol–water partition coefficient (Wildman–Crippen LogP) is 2.54. The molecule has 11 heteroatoms. The number of nitrogens with zero attached hydrogens (tertiary/aromatic N) is 4. The second-order valence-corrected chi connectivity index (χ2v) is 10.2. The summed E-state index contributed by atoms with van der Waals surface area (Å²) >= 11 is 0. The lowest BCUT2D eigenvalue weighted by Crippen LogP contribution is -2.30. The van der Waals surface area contributed by atoms with Gasteiger partial charge >= 0.3 is 0 Å². The number of benzene rings is 1. The Morgan fingerprint density at radius 1 is 1.18 bits per heavy atom. The zero-order chi connectivity index (χ0) is 27.5. The number of ether oxygens (including phenoxy) is 2. The van der Waals surface area contributed by atoms with Gasteiger partial charge in [0.1, 0.15) is 0 Å². The fraction of sp³-hybridized carbons (Fsp3) is 0.286. The first-order valence-corrected chi connectivity index (χ1v) is 13.0. The number of hydrogen-bond donors (Lipinski definition) is 1. The van der Waals surface area contributed by atoms with Gasteiger partial charge < -0.3 is 19.4 Å². The van der Waals surface area contributed by atoms with Gasteiger partial charge in [0.05, 0.1) is 56.3 Å². The highest BCUT2D eigenvalue weighted by Crippen LogP contribution is 2.27. The number of hydrogen-bond acceptors (Lipinski definition) is 6. The molecule has 1 N–H and O–H groups in total. The SMILES string of the molecule is COc1ccc(C)c(CNC(=O)c2cn(Cc3ccc(Cn4cc(P)ccc4=O)nc3)nc2C2COC2)c1F. The number of pyridine rings is 2. The van der Waals surface area contributed by atoms with Crippen molar-refractivity contribution in [3.63, 3.8) is 0 Å². The van der Waals surface area contributed by atoms with Crippen LogP contribution < -0.4 is 20.9 Å². The molecule has 0 saturated carbocycles. The van der Waals surface area contributed by atoms with Crippen LogP contribution in [0.2, 0.25) is 0 Å². The van der Waals surface area contributed by atoms with Crippen molar-refractivity contribution in [3.8, 4) is 5.75 Å². The highest BCUT2D eigenvalue weighted by Gasteiger charge is 2.29. The fourth-order valence-corrected chi connectivity index (χ4v) is 4.68. The van der Waals surface area contributed by atoms with Crippen molar-refractivity contribution in [1.82, 2.24) is 24.6 Å². The van der Waals surface area contributed by atoms with Crippen molar-refractivity contribution < 1.29 is 18.7 Å². The van der Waals surface area contributed by atoms with Crippen LogP contribution in [0.3, 0.4) is 0 Å². The van der Waals surface area contributed by atoms with Crippen molar-refractivity contribution >= 4 is 20.5 Å². The van der Waals surface area contributed by atoms with E-state index in [4.69, 9.17) is 9.47 Å². The molecule has 1 atom stereocenters. The molecule has 9 nitrogen and oxygen atoms in total. The summed E-state index contributed by atoms with van der Waals surface area (Å²) in [5.74, 6) is -0.661. The second-order valence-electron chi connectivity index (χ2n) is 9.51. The standard InChI is InChI=1S/C28H29FN5O4P/c1-17-3-7-24(37-2)26(29)22(17)10-31-28(36)23-14-34(32-27(23)19-15-38-16-19)11-18-4-5-20(30-9-18)12-33-13-21(39)6-8-25(33)35/h3-9,13-14,19H,10-12,15-16,39H2,1-2H3,(H,31,36). The third-order valence-electron chi connectivity index (χ3n) is 6.72. The summed E-state index contributed by atoms with van der Waals surface area (Å²) in [6.45, 7) is 3.57. The second kappa shape index (κ2) is 11.5. The summed E-state index contributed by atoms with van der Waals surface area (Å²) in [5, 5.41) is 8.44. The summed E-state index contributed by atoms with van der Waals surface area (Å²) in [6, 6.07) is 10.4. The molecule has 1 amide bonds. The minimum Gasteiger partial charge on any atom is -0.494 e. The molecule has 0 bridgehead atoms. The Balaban J connectivity index is 1.30. The van der Waals surface area contributed by atoms with Crippen LogP contribution in [0.15, 0.2) is 59.8 Å². The maximum Gasteiger partial charge on any atom is 0.255 e. The van der Waals surface area contributed by atoms with Gasteiger partial charge in [-0.3, -0.25) is 19.3 Å². The smallest absolute Gasteiger partial charge is 0.255 e. The summed E-state index contributed by atoms with van der Waals surface area (Å²) in [5.41, 5.74) is 3.75. The normalized spacial score (nSPS) is 13.2. The van der Waals surface area contributed by atoms with Crippen LogP contribution in [0.25, 0.3) is 0 Å². The summed E-state index contributed by atoms with van der Waals surface area (Å²) in [4.78, 5) is 29.8. The summed E-state index contributed by atoms with van der Waals surface area (Å²) in [7, 11) is 3.99. The van der Waals surface area contributed by atoms with Gasteiger partial charge in [0, 0.05) is 36.8 Å². The van der Waals surface area contributed by atoms with Crippen LogP contribution in [0.5, 0.6) is 5.75 Å². The minimum absolute atomic E-state index is 0.0214. The number of halogens is 1. The van der Waals surface area contributed by atoms with Crippen LogP contribution >= 0.6 is 9.24 Å². The number of aromatic nitrogens is 4. The molecule has 1 fully saturated rings. The van der Waals surface area contributed by atoms with E-state index < -0.39 is 5.82 Å².